The van der Waals surface area contributed by atoms with Crippen LogP contribution >= 0.6 is 0 Å². The minimum atomic E-state index is 0.916. The Balaban J connectivity index is 1.47. The molecule has 2 saturated heterocycles. The van der Waals surface area contributed by atoms with E-state index in [1.165, 1.54) is 69.7 Å². The van der Waals surface area contributed by atoms with Gasteiger partial charge in [0.05, 0.1) is 0 Å². The third kappa shape index (κ3) is 4.00. The maximum atomic E-state index is 2.72. The van der Waals surface area contributed by atoms with Crippen molar-refractivity contribution in [1.29, 1.82) is 0 Å². The van der Waals surface area contributed by atoms with E-state index in [4.69, 9.17) is 0 Å². The number of hydrogen-bond acceptors (Lipinski definition) is 2. The molecule has 116 valence electrons. The van der Waals surface area contributed by atoms with Gasteiger partial charge in [-0.05, 0) is 75.2 Å². The summed E-state index contributed by atoms with van der Waals surface area (Å²) >= 11 is 0. The van der Waals surface area contributed by atoms with Crippen molar-refractivity contribution in [3.05, 3.63) is 29.8 Å². The van der Waals surface area contributed by atoms with E-state index >= 15 is 0 Å². The summed E-state index contributed by atoms with van der Waals surface area (Å²) in [4.78, 5) is 5.29. The molecule has 0 amide bonds. The first-order valence-corrected chi connectivity index (χ1v) is 8.74. The minimum absolute atomic E-state index is 0.916. The smallest absolute Gasteiger partial charge is 0.0368 e. The van der Waals surface area contributed by atoms with Crippen molar-refractivity contribution in [2.45, 2.75) is 39.5 Å². The van der Waals surface area contributed by atoms with Crippen LogP contribution in [0, 0.1) is 18.8 Å². The average Bonchev–Trinajstić information content (AvgIpc) is 2.50. The fraction of sp³-hybridized carbons (Fsp3) is 0.684. The second-order valence-corrected chi connectivity index (χ2v) is 7.25. The Bertz CT molecular complexity index is 441. The summed E-state index contributed by atoms with van der Waals surface area (Å²) in [7, 11) is 0. The molecule has 0 unspecified atom stereocenters. The van der Waals surface area contributed by atoms with Gasteiger partial charge in [-0.3, -0.25) is 0 Å². The molecule has 2 heterocycles. The van der Waals surface area contributed by atoms with Gasteiger partial charge in [-0.15, -0.1) is 0 Å². The van der Waals surface area contributed by atoms with Crippen molar-refractivity contribution in [3.63, 3.8) is 0 Å². The molecule has 2 aliphatic heterocycles. The third-order valence-corrected chi connectivity index (χ3v) is 5.37. The zero-order valence-electron chi connectivity index (χ0n) is 13.7. The van der Waals surface area contributed by atoms with Crippen LogP contribution in [0.5, 0.6) is 0 Å². The Morgan fingerprint density at radius 3 is 2.38 bits per heavy atom. The van der Waals surface area contributed by atoms with Gasteiger partial charge >= 0.3 is 0 Å². The molecule has 0 spiro atoms. The van der Waals surface area contributed by atoms with Crippen molar-refractivity contribution < 1.29 is 0 Å². The second kappa shape index (κ2) is 6.83. The molecule has 0 radical (unpaired) electrons. The van der Waals surface area contributed by atoms with Crippen LogP contribution in [-0.4, -0.2) is 37.6 Å². The van der Waals surface area contributed by atoms with Gasteiger partial charge in [0.1, 0.15) is 0 Å². The van der Waals surface area contributed by atoms with Gasteiger partial charge in [-0.1, -0.05) is 19.1 Å². The van der Waals surface area contributed by atoms with Crippen LogP contribution in [0.2, 0.25) is 0 Å². The molecule has 0 aliphatic carbocycles. The standard InChI is InChI=1S/C19H30N2/c1-16-6-10-20(11-7-16)15-18-8-12-21(13-9-18)19-5-3-4-17(2)14-19/h3-5,14,16,18H,6-13,15H2,1-2H3. The first kappa shape index (κ1) is 14.9. The minimum Gasteiger partial charge on any atom is -0.372 e. The van der Waals surface area contributed by atoms with E-state index in [1.807, 2.05) is 0 Å². The van der Waals surface area contributed by atoms with Crippen LogP contribution in [0.15, 0.2) is 24.3 Å². The predicted octanol–water partition coefficient (Wildman–Crippen LogP) is 3.94. The molecule has 2 aliphatic rings. The molecule has 0 bridgehead atoms. The summed E-state index contributed by atoms with van der Waals surface area (Å²) in [6, 6.07) is 8.96. The summed E-state index contributed by atoms with van der Waals surface area (Å²) in [6.07, 6.45) is 5.53. The van der Waals surface area contributed by atoms with Crippen LogP contribution in [-0.2, 0) is 0 Å². The molecule has 0 N–H and O–H groups in total. The molecule has 1 aromatic carbocycles. The average molecular weight is 286 g/mol. The maximum Gasteiger partial charge on any atom is 0.0368 e. The lowest BCUT2D eigenvalue weighted by atomic mass is 9.93. The molecule has 3 rings (SSSR count). The zero-order valence-corrected chi connectivity index (χ0v) is 13.7. The number of nitrogens with zero attached hydrogens (tertiary/aromatic N) is 2. The van der Waals surface area contributed by atoms with E-state index in [1.54, 1.807) is 0 Å². The lowest BCUT2D eigenvalue weighted by molar-refractivity contribution is 0.157. The summed E-state index contributed by atoms with van der Waals surface area (Å²) in [5.41, 5.74) is 2.79. The summed E-state index contributed by atoms with van der Waals surface area (Å²) in [5.74, 6) is 1.86. The lowest BCUT2D eigenvalue weighted by Crippen LogP contribution is -2.41. The first-order valence-electron chi connectivity index (χ1n) is 8.74. The molecule has 2 heteroatoms. The fourth-order valence-corrected chi connectivity index (χ4v) is 3.81. The van der Waals surface area contributed by atoms with Crippen LogP contribution in [0.1, 0.15) is 38.2 Å². The highest BCUT2D eigenvalue weighted by molar-refractivity contribution is 5.48. The molecule has 0 saturated carbocycles. The third-order valence-electron chi connectivity index (χ3n) is 5.37. The van der Waals surface area contributed by atoms with Crippen molar-refractivity contribution in [2.75, 3.05) is 37.6 Å². The number of rotatable bonds is 3. The highest BCUT2D eigenvalue weighted by atomic mass is 15.2. The van der Waals surface area contributed by atoms with E-state index in [0.717, 1.165) is 11.8 Å². The Morgan fingerprint density at radius 1 is 1.00 bits per heavy atom. The topological polar surface area (TPSA) is 6.48 Å². The Kier molecular flexibility index (Phi) is 4.84. The van der Waals surface area contributed by atoms with Gasteiger partial charge in [0.15, 0.2) is 0 Å². The van der Waals surface area contributed by atoms with Crippen LogP contribution < -0.4 is 4.90 Å². The number of anilines is 1. The second-order valence-electron chi connectivity index (χ2n) is 7.25. The number of hydrogen-bond donors (Lipinski definition) is 0. The highest BCUT2D eigenvalue weighted by Crippen LogP contribution is 2.26. The number of aryl methyl sites for hydroxylation is 1. The number of likely N-dealkylation sites (tertiary alicyclic amines) is 1. The summed E-state index contributed by atoms with van der Waals surface area (Å²) in [6.45, 7) is 11.1. The fourth-order valence-electron chi connectivity index (χ4n) is 3.81. The van der Waals surface area contributed by atoms with Gasteiger partial charge in [-0.2, -0.15) is 0 Å². The molecule has 1 aromatic rings. The Hall–Kier alpha value is -1.02. The summed E-state index contributed by atoms with van der Waals surface area (Å²) in [5, 5.41) is 0. The van der Waals surface area contributed by atoms with Gasteiger partial charge < -0.3 is 9.80 Å². The molecule has 2 nitrogen and oxygen atoms in total. The van der Waals surface area contributed by atoms with Crippen molar-refractivity contribution in [1.82, 2.24) is 4.90 Å². The van der Waals surface area contributed by atoms with E-state index in [0.29, 0.717) is 0 Å². The SMILES string of the molecule is Cc1cccc(N2CCC(CN3CCC(C)CC3)CC2)c1. The predicted molar refractivity (Wildman–Crippen MR) is 91.0 cm³/mol. The first-order chi connectivity index (χ1) is 10.2. The Labute approximate surface area is 130 Å². The highest BCUT2D eigenvalue weighted by Gasteiger charge is 2.23. The van der Waals surface area contributed by atoms with Gasteiger partial charge in [0.25, 0.3) is 0 Å². The van der Waals surface area contributed by atoms with E-state index < -0.39 is 0 Å². The van der Waals surface area contributed by atoms with Crippen molar-refractivity contribution in [2.24, 2.45) is 11.8 Å². The quantitative estimate of drug-likeness (QED) is 0.830. The molecular formula is C19H30N2. The number of benzene rings is 1. The van der Waals surface area contributed by atoms with Crippen LogP contribution in [0.4, 0.5) is 5.69 Å². The van der Waals surface area contributed by atoms with Crippen LogP contribution in [0.25, 0.3) is 0 Å². The van der Waals surface area contributed by atoms with E-state index in [9.17, 15) is 0 Å². The lowest BCUT2D eigenvalue weighted by Gasteiger charge is -2.38. The van der Waals surface area contributed by atoms with Gasteiger partial charge in [-0.25, -0.2) is 0 Å². The molecule has 21 heavy (non-hydrogen) atoms. The van der Waals surface area contributed by atoms with Crippen molar-refractivity contribution >= 4 is 5.69 Å². The molecular weight excluding hydrogens is 256 g/mol. The summed E-state index contributed by atoms with van der Waals surface area (Å²) < 4.78 is 0. The van der Waals surface area contributed by atoms with Gasteiger partial charge in [0.2, 0.25) is 0 Å². The van der Waals surface area contributed by atoms with E-state index in [-0.39, 0.29) is 0 Å². The van der Waals surface area contributed by atoms with Crippen LogP contribution in [0.3, 0.4) is 0 Å². The maximum absolute atomic E-state index is 2.72. The number of piperidine rings is 2. The molecule has 0 atom stereocenters. The molecule has 0 aromatic heterocycles. The Morgan fingerprint density at radius 2 is 1.71 bits per heavy atom. The normalized spacial score (nSPS) is 22.7. The zero-order chi connectivity index (χ0) is 14.7. The van der Waals surface area contributed by atoms with Gasteiger partial charge in [0, 0.05) is 25.3 Å². The monoisotopic (exact) mass is 286 g/mol. The largest absolute Gasteiger partial charge is 0.372 e. The molecule has 2 fully saturated rings. The van der Waals surface area contributed by atoms with Crippen molar-refractivity contribution in [3.8, 4) is 0 Å². The van der Waals surface area contributed by atoms with E-state index in [2.05, 4.69) is 47.9 Å².